The van der Waals surface area contributed by atoms with Gasteiger partial charge in [-0.2, -0.15) is 4.39 Å². The molecule has 0 saturated heterocycles. The van der Waals surface area contributed by atoms with Crippen LogP contribution >= 0.6 is 0 Å². The Bertz CT molecular complexity index is 478. The lowest BCUT2D eigenvalue weighted by Crippen LogP contribution is -2.32. The highest BCUT2D eigenvalue weighted by atomic mass is 19.1. The summed E-state index contributed by atoms with van der Waals surface area (Å²) in [6.07, 6.45) is 0.494. The quantitative estimate of drug-likeness (QED) is 0.426. The second-order valence-electron chi connectivity index (χ2n) is 2.71. The van der Waals surface area contributed by atoms with Gasteiger partial charge in [0.2, 0.25) is 11.7 Å². The summed E-state index contributed by atoms with van der Waals surface area (Å²) < 4.78 is 13.5. The highest BCUT2D eigenvalue weighted by Gasteiger charge is 2.05. The number of hydroxylamine groups is 1. The molecule has 0 radical (unpaired) electrons. The molecule has 82 valence electrons. The predicted molar refractivity (Wildman–Crippen MR) is 45.8 cm³/mol. The summed E-state index contributed by atoms with van der Waals surface area (Å²) in [6.45, 7) is -0.140. The summed E-state index contributed by atoms with van der Waals surface area (Å²) in [5.41, 5.74) is -0.561. The number of H-pyrrole nitrogens is 1. The van der Waals surface area contributed by atoms with Crippen molar-refractivity contribution in [2.45, 2.75) is 13.0 Å². The number of hydrogen-bond acceptors (Lipinski definition) is 4. The van der Waals surface area contributed by atoms with Crippen molar-refractivity contribution in [1.29, 1.82) is 0 Å². The van der Waals surface area contributed by atoms with Crippen LogP contribution in [0.25, 0.3) is 0 Å². The molecule has 1 heterocycles. The fourth-order valence-corrected chi connectivity index (χ4v) is 0.927. The molecule has 0 bridgehead atoms. The topological polar surface area (TPSA) is 104 Å². The van der Waals surface area contributed by atoms with Crippen LogP contribution in [0.5, 0.6) is 0 Å². The zero-order chi connectivity index (χ0) is 11.4. The molecule has 1 aromatic heterocycles. The molecule has 7 nitrogen and oxygen atoms in total. The van der Waals surface area contributed by atoms with Gasteiger partial charge in [-0.3, -0.25) is 24.3 Å². The van der Waals surface area contributed by atoms with E-state index in [1.807, 2.05) is 0 Å². The van der Waals surface area contributed by atoms with Gasteiger partial charge in [-0.1, -0.05) is 0 Å². The van der Waals surface area contributed by atoms with Gasteiger partial charge in [0, 0.05) is 13.0 Å². The highest BCUT2D eigenvalue weighted by Crippen LogP contribution is 1.88. The molecule has 0 fully saturated rings. The first-order valence-corrected chi connectivity index (χ1v) is 3.97. The molecule has 15 heavy (non-hydrogen) atoms. The number of amides is 1. The monoisotopic (exact) mass is 217 g/mol. The molecule has 0 saturated carbocycles. The van der Waals surface area contributed by atoms with Crippen molar-refractivity contribution < 1.29 is 14.4 Å². The highest BCUT2D eigenvalue weighted by molar-refractivity contribution is 5.74. The van der Waals surface area contributed by atoms with Crippen molar-refractivity contribution in [3.8, 4) is 0 Å². The Kier molecular flexibility index (Phi) is 3.34. The molecule has 0 aliphatic rings. The minimum atomic E-state index is -1.11. The standard InChI is InChI=1S/C7H8FN3O4/c8-4-3-11(2-1-5(12)10-15)7(14)9-6(4)13/h3,15H,1-2H2,(H,10,12)(H,9,13,14). The molecule has 1 rings (SSSR count). The van der Waals surface area contributed by atoms with E-state index in [-0.39, 0.29) is 13.0 Å². The number of aromatic amines is 1. The fourth-order valence-electron chi connectivity index (χ4n) is 0.927. The molecule has 0 spiro atoms. The van der Waals surface area contributed by atoms with E-state index >= 15 is 0 Å². The smallest absolute Gasteiger partial charge is 0.297 e. The van der Waals surface area contributed by atoms with Crippen LogP contribution in [-0.2, 0) is 11.3 Å². The van der Waals surface area contributed by atoms with Crippen molar-refractivity contribution in [3.05, 3.63) is 32.9 Å². The van der Waals surface area contributed by atoms with Gasteiger partial charge in [0.15, 0.2) is 0 Å². The molecule has 0 unspecified atom stereocenters. The average Bonchev–Trinajstić information content (AvgIpc) is 2.21. The molecule has 3 N–H and O–H groups in total. The first-order valence-electron chi connectivity index (χ1n) is 3.97. The van der Waals surface area contributed by atoms with E-state index in [1.54, 1.807) is 4.98 Å². The third-order valence-corrected chi connectivity index (χ3v) is 1.67. The van der Waals surface area contributed by atoms with E-state index in [9.17, 15) is 18.8 Å². The lowest BCUT2D eigenvalue weighted by molar-refractivity contribution is -0.129. The van der Waals surface area contributed by atoms with E-state index in [0.29, 0.717) is 6.20 Å². The molecular formula is C7H8FN3O4. The molecule has 0 aromatic carbocycles. The Labute approximate surface area is 82.1 Å². The SMILES string of the molecule is O=C(CCn1cc(F)c(=O)[nH]c1=O)NO. The Hall–Kier alpha value is -1.96. The Morgan fingerprint density at radius 2 is 2.27 bits per heavy atom. The molecule has 8 heteroatoms. The molecular weight excluding hydrogens is 209 g/mol. The first kappa shape index (κ1) is 11.1. The molecule has 0 aliphatic carbocycles. The zero-order valence-corrected chi connectivity index (χ0v) is 7.49. The summed E-state index contributed by atoms with van der Waals surface area (Å²) in [5.74, 6) is -1.83. The fraction of sp³-hybridized carbons (Fsp3) is 0.286. The van der Waals surface area contributed by atoms with Gasteiger partial charge in [0.1, 0.15) is 0 Å². The lowest BCUT2D eigenvalue weighted by atomic mass is 10.4. The number of aromatic nitrogens is 2. The summed E-state index contributed by atoms with van der Waals surface area (Å²) in [6, 6.07) is 0. The number of hydrogen-bond donors (Lipinski definition) is 3. The van der Waals surface area contributed by atoms with Crippen LogP contribution in [0.2, 0.25) is 0 Å². The number of carbonyl (C=O) groups excluding carboxylic acids is 1. The van der Waals surface area contributed by atoms with Crippen molar-refractivity contribution in [3.63, 3.8) is 0 Å². The minimum Gasteiger partial charge on any atom is -0.297 e. The molecule has 0 aliphatic heterocycles. The predicted octanol–water partition coefficient (Wildman–Crippen LogP) is -1.43. The summed E-state index contributed by atoms with van der Waals surface area (Å²) >= 11 is 0. The Morgan fingerprint density at radius 1 is 1.60 bits per heavy atom. The normalized spacial score (nSPS) is 10.0. The number of halogens is 1. The van der Waals surface area contributed by atoms with Gasteiger partial charge in [0.25, 0.3) is 5.56 Å². The van der Waals surface area contributed by atoms with Crippen LogP contribution in [0, 0.1) is 5.82 Å². The largest absolute Gasteiger partial charge is 0.328 e. The maximum atomic E-state index is 12.7. The van der Waals surface area contributed by atoms with Crippen LogP contribution in [0.15, 0.2) is 15.8 Å². The number of carbonyl (C=O) groups is 1. The van der Waals surface area contributed by atoms with Crippen molar-refractivity contribution in [2.75, 3.05) is 0 Å². The van der Waals surface area contributed by atoms with Crippen molar-refractivity contribution in [1.82, 2.24) is 15.0 Å². The van der Waals surface area contributed by atoms with E-state index < -0.39 is 23.0 Å². The molecule has 1 amide bonds. The molecule has 1 aromatic rings. The van der Waals surface area contributed by atoms with Gasteiger partial charge < -0.3 is 0 Å². The second-order valence-corrected chi connectivity index (χ2v) is 2.71. The van der Waals surface area contributed by atoms with Gasteiger partial charge in [-0.15, -0.1) is 0 Å². The van der Waals surface area contributed by atoms with Crippen molar-refractivity contribution >= 4 is 5.91 Å². The Morgan fingerprint density at radius 3 is 2.87 bits per heavy atom. The van der Waals surface area contributed by atoms with Crippen LogP contribution in [0.3, 0.4) is 0 Å². The number of nitrogens with zero attached hydrogens (tertiary/aromatic N) is 1. The van der Waals surface area contributed by atoms with E-state index in [1.165, 1.54) is 5.48 Å². The second kappa shape index (κ2) is 4.51. The third kappa shape index (κ3) is 2.74. The van der Waals surface area contributed by atoms with E-state index in [4.69, 9.17) is 5.21 Å². The van der Waals surface area contributed by atoms with Gasteiger partial charge in [-0.05, 0) is 0 Å². The number of rotatable bonds is 3. The maximum Gasteiger partial charge on any atom is 0.328 e. The first-order chi connectivity index (χ1) is 7.04. The minimum absolute atomic E-state index is 0.140. The summed E-state index contributed by atoms with van der Waals surface area (Å²) in [5, 5.41) is 8.16. The average molecular weight is 217 g/mol. The third-order valence-electron chi connectivity index (χ3n) is 1.67. The van der Waals surface area contributed by atoms with E-state index in [2.05, 4.69) is 0 Å². The van der Waals surface area contributed by atoms with Gasteiger partial charge in [-0.25, -0.2) is 10.3 Å². The van der Waals surface area contributed by atoms with Gasteiger partial charge >= 0.3 is 5.69 Å². The summed E-state index contributed by atoms with van der Waals surface area (Å²) in [7, 11) is 0. The van der Waals surface area contributed by atoms with Crippen LogP contribution in [0.1, 0.15) is 6.42 Å². The van der Waals surface area contributed by atoms with E-state index in [0.717, 1.165) is 4.57 Å². The van der Waals surface area contributed by atoms with Crippen molar-refractivity contribution in [2.24, 2.45) is 0 Å². The maximum absolute atomic E-state index is 12.7. The van der Waals surface area contributed by atoms with Gasteiger partial charge in [0.05, 0.1) is 6.20 Å². The summed E-state index contributed by atoms with van der Waals surface area (Å²) in [4.78, 5) is 34.0. The number of aryl methyl sites for hydroxylation is 1. The Balaban J connectivity index is 2.87. The van der Waals surface area contributed by atoms with Crippen LogP contribution in [0.4, 0.5) is 4.39 Å². The van der Waals surface area contributed by atoms with Crippen LogP contribution < -0.4 is 16.7 Å². The van der Waals surface area contributed by atoms with Crippen LogP contribution in [-0.4, -0.2) is 20.7 Å². The lowest BCUT2D eigenvalue weighted by Gasteiger charge is -2.03. The number of nitrogens with one attached hydrogen (secondary N) is 2. The zero-order valence-electron chi connectivity index (χ0n) is 7.49. The molecule has 0 atom stereocenters.